The number of carbonyl (C=O) groups is 2. The summed E-state index contributed by atoms with van der Waals surface area (Å²) in [6.45, 7) is 1.72. The number of urea groups is 1. The number of hydrogen-bond acceptors (Lipinski definition) is 6. The number of rotatable bonds is 5. The Bertz CT molecular complexity index is 1000. The van der Waals surface area contributed by atoms with Crippen molar-refractivity contribution in [3.05, 3.63) is 60.6 Å². The lowest BCUT2D eigenvalue weighted by Crippen LogP contribution is -2.45. The molecule has 4 rings (SSSR count). The molecule has 0 spiro atoms. The molecule has 0 bridgehead atoms. The van der Waals surface area contributed by atoms with E-state index in [-0.39, 0.29) is 11.9 Å². The van der Waals surface area contributed by atoms with Gasteiger partial charge in [0, 0.05) is 29.9 Å². The van der Waals surface area contributed by atoms with Gasteiger partial charge in [-0.25, -0.2) is 9.78 Å². The average Bonchev–Trinajstić information content (AvgIpc) is 3.19. The molecule has 0 radical (unpaired) electrons. The number of piperidine rings is 1. The van der Waals surface area contributed by atoms with Crippen molar-refractivity contribution in [2.75, 3.05) is 23.7 Å². The Balaban J connectivity index is 1.56. The maximum absolute atomic E-state index is 13.0. The van der Waals surface area contributed by atoms with Crippen molar-refractivity contribution in [3.8, 4) is 10.4 Å². The number of nitrogens with one attached hydrogen (secondary N) is 4. The number of aromatic nitrogens is 2. The van der Waals surface area contributed by atoms with E-state index in [0.717, 1.165) is 36.4 Å². The summed E-state index contributed by atoms with van der Waals surface area (Å²) in [5.41, 5.74) is 1.43. The summed E-state index contributed by atoms with van der Waals surface area (Å²) in [4.78, 5) is 34.3. The number of thiophene rings is 1. The minimum atomic E-state index is -0.481. The third kappa shape index (κ3) is 5.00. The van der Waals surface area contributed by atoms with Gasteiger partial charge in [-0.3, -0.25) is 20.4 Å². The highest BCUT2D eigenvalue weighted by Gasteiger charge is 2.22. The van der Waals surface area contributed by atoms with Gasteiger partial charge in [-0.2, -0.15) is 0 Å². The van der Waals surface area contributed by atoms with Crippen LogP contribution in [0.5, 0.6) is 0 Å². The van der Waals surface area contributed by atoms with Crippen molar-refractivity contribution in [1.82, 2.24) is 20.6 Å². The number of hydrogen-bond donors (Lipinski definition) is 4. The lowest BCUT2D eigenvalue weighted by Gasteiger charge is -2.23. The summed E-state index contributed by atoms with van der Waals surface area (Å²) in [5, 5.41) is 12.3. The molecule has 30 heavy (non-hydrogen) atoms. The minimum absolute atomic E-state index is 0.0765. The zero-order valence-corrected chi connectivity index (χ0v) is 17.0. The highest BCUT2D eigenvalue weighted by molar-refractivity contribution is 7.20. The molecular weight excluding hydrogens is 400 g/mol. The summed E-state index contributed by atoms with van der Waals surface area (Å²) in [6, 6.07) is 11.2. The largest absolute Gasteiger partial charge is 0.348 e. The maximum Gasteiger partial charge on any atom is 0.325 e. The van der Waals surface area contributed by atoms with E-state index in [1.54, 1.807) is 0 Å². The fourth-order valence-corrected chi connectivity index (χ4v) is 4.31. The second-order valence-corrected chi connectivity index (χ2v) is 7.96. The maximum atomic E-state index is 13.0. The molecule has 9 heteroatoms. The van der Waals surface area contributed by atoms with E-state index in [4.69, 9.17) is 0 Å². The fourth-order valence-electron chi connectivity index (χ4n) is 3.25. The van der Waals surface area contributed by atoms with Gasteiger partial charge in [0.05, 0.1) is 11.8 Å². The summed E-state index contributed by atoms with van der Waals surface area (Å²) in [5.74, 6) is 0.131. The van der Waals surface area contributed by atoms with Crippen LogP contribution in [-0.2, 0) is 0 Å². The predicted octanol–water partition coefficient (Wildman–Crippen LogP) is 3.33. The van der Waals surface area contributed by atoms with Crippen molar-refractivity contribution in [2.24, 2.45) is 0 Å². The molecule has 3 amide bonds. The van der Waals surface area contributed by atoms with Crippen molar-refractivity contribution in [1.29, 1.82) is 0 Å². The van der Waals surface area contributed by atoms with Gasteiger partial charge in [0.15, 0.2) is 5.82 Å². The van der Waals surface area contributed by atoms with Gasteiger partial charge < -0.3 is 10.6 Å². The van der Waals surface area contributed by atoms with Gasteiger partial charge in [-0.15, -0.1) is 11.3 Å². The molecule has 1 aromatic carbocycles. The second kappa shape index (κ2) is 9.47. The number of anilines is 2. The first-order valence-electron chi connectivity index (χ1n) is 9.74. The van der Waals surface area contributed by atoms with Gasteiger partial charge in [-0.05, 0) is 31.0 Å². The van der Waals surface area contributed by atoms with Crippen LogP contribution in [0.3, 0.4) is 0 Å². The molecule has 1 aliphatic heterocycles. The molecule has 1 aliphatic rings. The van der Waals surface area contributed by atoms with Crippen LogP contribution in [0.1, 0.15) is 23.2 Å². The molecule has 8 nitrogen and oxygen atoms in total. The average molecular weight is 423 g/mol. The molecule has 1 atom stereocenters. The van der Waals surface area contributed by atoms with Crippen LogP contribution >= 0.6 is 11.3 Å². The molecule has 0 unspecified atom stereocenters. The van der Waals surface area contributed by atoms with Crippen LogP contribution in [0.4, 0.5) is 15.6 Å². The molecule has 154 valence electrons. The van der Waals surface area contributed by atoms with Crippen LogP contribution in [0.15, 0.2) is 55.0 Å². The van der Waals surface area contributed by atoms with Gasteiger partial charge in [-0.1, -0.05) is 30.3 Å². The van der Waals surface area contributed by atoms with Gasteiger partial charge in [0.2, 0.25) is 0 Å². The summed E-state index contributed by atoms with van der Waals surface area (Å²) < 4.78 is 0. The monoisotopic (exact) mass is 422 g/mol. The van der Waals surface area contributed by atoms with Crippen LogP contribution < -0.4 is 21.3 Å². The SMILES string of the molecule is O=C(Nc1cnccn1)Nc1sc(-c2ccccc2)cc1C(=O)N[C@H]1CCCNC1. The van der Waals surface area contributed by atoms with E-state index in [9.17, 15) is 9.59 Å². The number of amides is 3. The summed E-state index contributed by atoms with van der Waals surface area (Å²) >= 11 is 1.36. The Morgan fingerprint density at radius 1 is 1.13 bits per heavy atom. The van der Waals surface area contributed by atoms with Crippen molar-refractivity contribution >= 4 is 34.1 Å². The Kier molecular flexibility index (Phi) is 6.31. The first kappa shape index (κ1) is 20.0. The molecule has 0 aliphatic carbocycles. The molecule has 1 fully saturated rings. The number of carbonyl (C=O) groups excluding carboxylic acids is 2. The Hall–Kier alpha value is -3.30. The molecule has 3 heterocycles. The van der Waals surface area contributed by atoms with Crippen LogP contribution in [0, 0.1) is 0 Å². The Labute approximate surface area is 178 Å². The number of nitrogens with zero attached hydrogens (tertiary/aromatic N) is 2. The molecule has 0 saturated carbocycles. The van der Waals surface area contributed by atoms with E-state index in [1.165, 1.54) is 29.9 Å². The van der Waals surface area contributed by atoms with Crippen LogP contribution in [-0.4, -0.2) is 41.0 Å². The molecule has 1 saturated heterocycles. The first-order chi connectivity index (χ1) is 14.7. The van der Waals surface area contributed by atoms with Gasteiger partial charge in [0.1, 0.15) is 5.00 Å². The quantitative estimate of drug-likeness (QED) is 0.504. The first-order valence-corrected chi connectivity index (χ1v) is 10.6. The van der Waals surface area contributed by atoms with Crippen LogP contribution in [0.25, 0.3) is 10.4 Å². The third-order valence-electron chi connectivity index (χ3n) is 4.70. The molecular formula is C21H22N6O2S. The zero-order chi connectivity index (χ0) is 20.8. The van der Waals surface area contributed by atoms with Crippen molar-refractivity contribution < 1.29 is 9.59 Å². The zero-order valence-electron chi connectivity index (χ0n) is 16.2. The van der Waals surface area contributed by atoms with Gasteiger partial charge in [0.25, 0.3) is 5.91 Å². The smallest absolute Gasteiger partial charge is 0.325 e. The Morgan fingerprint density at radius 3 is 2.73 bits per heavy atom. The summed E-state index contributed by atoms with van der Waals surface area (Å²) in [6.07, 6.45) is 6.43. The highest BCUT2D eigenvalue weighted by Crippen LogP contribution is 2.35. The topological polar surface area (TPSA) is 108 Å². The van der Waals surface area contributed by atoms with E-state index in [0.29, 0.717) is 16.4 Å². The minimum Gasteiger partial charge on any atom is -0.348 e. The van der Waals surface area contributed by atoms with Crippen molar-refractivity contribution in [2.45, 2.75) is 18.9 Å². The highest BCUT2D eigenvalue weighted by atomic mass is 32.1. The normalized spacial score (nSPS) is 15.9. The van der Waals surface area contributed by atoms with E-state index >= 15 is 0 Å². The van der Waals surface area contributed by atoms with E-state index < -0.39 is 6.03 Å². The molecule has 3 aromatic rings. The van der Waals surface area contributed by atoms with Crippen LogP contribution in [0.2, 0.25) is 0 Å². The Morgan fingerprint density at radius 2 is 2.00 bits per heavy atom. The lowest BCUT2D eigenvalue weighted by atomic mass is 10.1. The standard InChI is InChI=1S/C21H22N6O2S/c28-19(25-15-7-4-8-22-12-15)16-11-17(14-5-2-1-3-6-14)30-20(16)27-21(29)26-18-13-23-9-10-24-18/h1-3,5-6,9-11,13,15,22H,4,7-8,12H2,(H,25,28)(H2,24,26,27,29)/t15-/m0/s1. The van der Waals surface area contributed by atoms with E-state index in [1.807, 2.05) is 36.4 Å². The predicted molar refractivity (Wildman–Crippen MR) is 118 cm³/mol. The second-order valence-electron chi connectivity index (χ2n) is 6.91. The van der Waals surface area contributed by atoms with E-state index in [2.05, 4.69) is 31.2 Å². The third-order valence-corrected chi connectivity index (χ3v) is 5.80. The fraction of sp³-hybridized carbons (Fsp3) is 0.238. The molecule has 4 N–H and O–H groups in total. The summed E-state index contributed by atoms with van der Waals surface area (Å²) in [7, 11) is 0. The van der Waals surface area contributed by atoms with Gasteiger partial charge >= 0.3 is 6.03 Å². The number of benzene rings is 1. The van der Waals surface area contributed by atoms with Crippen molar-refractivity contribution in [3.63, 3.8) is 0 Å². The lowest BCUT2D eigenvalue weighted by molar-refractivity contribution is 0.0932. The molecule has 2 aromatic heterocycles.